The molecule has 1 saturated heterocycles. The molecular formula is C21H23ClN2O4. The van der Waals surface area contributed by atoms with E-state index >= 15 is 0 Å². The maximum Gasteiger partial charge on any atom is 0.349 e. The first kappa shape index (κ1) is 20.0. The van der Waals surface area contributed by atoms with E-state index in [9.17, 15) is 9.59 Å². The monoisotopic (exact) mass is 402 g/mol. The molecule has 1 fully saturated rings. The van der Waals surface area contributed by atoms with Gasteiger partial charge in [-0.1, -0.05) is 11.6 Å². The van der Waals surface area contributed by atoms with Crippen LogP contribution in [0.25, 0.3) is 0 Å². The smallest absolute Gasteiger partial charge is 0.349 e. The number of aryl methyl sites for hydroxylation is 1. The van der Waals surface area contributed by atoms with E-state index in [4.69, 9.17) is 21.1 Å². The predicted octanol–water partition coefficient (Wildman–Crippen LogP) is 3.30. The molecule has 1 heterocycles. The van der Waals surface area contributed by atoms with Crippen LogP contribution in [-0.2, 0) is 9.59 Å². The van der Waals surface area contributed by atoms with Crippen LogP contribution in [-0.4, -0.2) is 49.6 Å². The predicted molar refractivity (Wildman–Crippen MR) is 108 cm³/mol. The normalized spacial score (nSPS) is 14.0. The first-order valence-electron chi connectivity index (χ1n) is 9.12. The first-order valence-corrected chi connectivity index (χ1v) is 9.50. The number of halogens is 1. The number of esters is 1. The Morgan fingerprint density at radius 1 is 1.00 bits per heavy atom. The molecule has 0 atom stereocenters. The molecule has 3 rings (SSSR count). The minimum atomic E-state index is -0.476. The molecule has 0 saturated carbocycles. The number of anilines is 1. The number of hydrogen-bond acceptors (Lipinski definition) is 5. The summed E-state index contributed by atoms with van der Waals surface area (Å²) in [5, 5.41) is 0.651. The Balaban J connectivity index is 1.49. The lowest BCUT2D eigenvalue weighted by atomic mass is 10.2. The molecule has 1 amide bonds. The van der Waals surface area contributed by atoms with Crippen LogP contribution in [0.5, 0.6) is 11.5 Å². The number of carbonyl (C=O) groups excluding carboxylic acids is 2. The number of carbonyl (C=O) groups is 2. The molecule has 0 N–H and O–H groups in total. The van der Waals surface area contributed by atoms with Gasteiger partial charge in [-0.25, -0.2) is 4.79 Å². The largest absolute Gasteiger partial charge is 0.482 e. The Hall–Kier alpha value is -2.73. The number of rotatable bonds is 5. The quantitative estimate of drug-likeness (QED) is 0.567. The minimum Gasteiger partial charge on any atom is -0.482 e. The fourth-order valence-electron chi connectivity index (χ4n) is 3.01. The molecule has 1 aliphatic rings. The summed E-state index contributed by atoms with van der Waals surface area (Å²) in [6.45, 7) is 6.28. The van der Waals surface area contributed by atoms with Crippen LogP contribution in [0.15, 0.2) is 42.5 Å². The molecule has 2 aromatic carbocycles. The van der Waals surface area contributed by atoms with Crippen LogP contribution >= 0.6 is 11.6 Å². The highest BCUT2D eigenvalue weighted by Crippen LogP contribution is 2.22. The molecule has 148 valence electrons. The van der Waals surface area contributed by atoms with Gasteiger partial charge in [0.25, 0.3) is 0 Å². The molecule has 7 heteroatoms. The zero-order valence-corrected chi connectivity index (χ0v) is 16.7. The van der Waals surface area contributed by atoms with Crippen LogP contribution in [0.3, 0.4) is 0 Å². The van der Waals surface area contributed by atoms with Gasteiger partial charge in [-0.05, 0) is 55.0 Å². The number of piperazine rings is 1. The average molecular weight is 403 g/mol. The first-order chi connectivity index (χ1) is 13.4. The number of nitrogens with zero attached hydrogens (tertiary/aromatic N) is 2. The van der Waals surface area contributed by atoms with Crippen molar-refractivity contribution in [2.75, 3.05) is 37.7 Å². The van der Waals surface area contributed by atoms with Crippen molar-refractivity contribution in [1.82, 2.24) is 4.90 Å². The van der Waals surface area contributed by atoms with E-state index < -0.39 is 5.97 Å². The zero-order valence-electron chi connectivity index (χ0n) is 16.0. The molecule has 0 aromatic heterocycles. The summed E-state index contributed by atoms with van der Waals surface area (Å²) in [7, 11) is 0. The SMILES string of the molecule is CC(=O)N1CCN(c2ccc(OC(=O)COc3ccc(Cl)c(C)c3)cc2)CC1. The van der Waals surface area contributed by atoms with Gasteiger partial charge in [0.15, 0.2) is 6.61 Å². The second kappa shape index (κ2) is 8.97. The highest BCUT2D eigenvalue weighted by Gasteiger charge is 2.18. The maximum atomic E-state index is 12.0. The van der Waals surface area contributed by atoms with Crippen molar-refractivity contribution in [3.05, 3.63) is 53.1 Å². The second-order valence-electron chi connectivity index (χ2n) is 6.66. The minimum absolute atomic E-state index is 0.109. The Kier molecular flexibility index (Phi) is 6.41. The molecule has 6 nitrogen and oxygen atoms in total. The van der Waals surface area contributed by atoms with Gasteiger partial charge in [0.1, 0.15) is 11.5 Å². The summed E-state index contributed by atoms with van der Waals surface area (Å²) < 4.78 is 10.8. The lowest BCUT2D eigenvalue weighted by Gasteiger charge is -2.35. The van der Waals surface area contributed by atoms with Gasteiger partial charge in [0, 0.05) is 43.8 Å². The summed E-state index contributed by atoms with van der Waals surface area (Å²) in [6.07, 6.45) is 0. The van der Waals surface area contributed by atoms with E-state index in [-0.39, 0.29) is 12.5 Å². The summed E-state index contributed by atoms with van der Waals surface area (Å²) in [6, 6.07) is 12.6. The van der Waals surface area contributed by atoms with Gasteiger partial charge in [-0.15, -0.1) is 0 Å². The molecule has 0 bridgehead atoms. The fourth-order valence-corrected chi connectivity index (χ4v) is 3.13. The number of hydrogen-bond donors (Lipinski definition) is 0. The van der Waals surface area contributed by atoms with Crippen molar-refractivity contribution in [2.45, 2.75) is 13.8 Å². The Labute approximate surface area is 169 Å². The third-order valence-corrected chi connectivity index (χ3v) is 5.07. The molecule has 0 unspecified atom stereocenters. The molecule has 0 radical (unpaired) electrons. The summed E-state index contributed by atoms with van der Waals surface area (Å²) in [5.41, 5.74) is 1.92. The van der Waals surface area contributed by atoms with Crippen LogP contribution < -0.4 is 14.4 Å². The average Bonchev–Trinajstić information content (AvgIpc) is 2.69. The van der Waals surface area contributed by atoms with Gasteiger partial charge >= 0.3 is 5.97 Å². The van der Waals surface area contributed by atoms with Gasteiger partial charge < -0.3 is 19.3 Å². The highest BCUT2D eigenvalue weighted by atomic mass is 35.5. The van der Waals surface area contributed by atoms with Gasteiger partial charge in [0.05, 0.1) is 0 Å². The van der Waals surface area contributed by atoms with Crippen molar-refractivity contribution < 1.29 is 19.1 Å². The topological polar surface area (TPSA) is 59.1 Å². The van der Waals surface area contributed by atoms with E-state index in [1.54, 1.807) is 37.3 Å². The highest BCUT2D eigenvalue weighted by molar-refractivity contribution is 6.31. The molecular weight excluding hydrogens is 380 g/mol. The molecule has 2 aromatic rings. The fraction of sp³-hybridized carbons (Fsp3) is 0.333. The summed E-state index contributed by atoms with van der Waals surface area (Å²) >= 11 is 5.97. The van der Waals surface area contributed by atoms with E-state index in [1.807, 2.05) is 24.0 Å². The molecule has 1 aliphatic heterocycles. The van der Waals surface area contributed by atoms with E-state index in [2.05, 4.69) is 4.90 Å². The molecule has 0 spiro atoms. The standard InChI is InChI=1S/C21H23ClN2O4/c1-15-13-19(7-8-20(15)22)27-14-21(26)28-18-5-3-17(4-6-18)24-11-9-23(10-12-24)16(2)25/h3-8,13H,9-12,14H2,1-2H3. The number of ether oxygens (including phenoxy) is 2. The Morgan fingerprint density at radius 3 is 2.25 bits per heavy atom. The van der Waals surface area contributed by atoms with Gasteiger partial charge in [-0.3, -0.25) is 4.79 Å². The summed E-state index contributed by atoms with van der Waals surface area (Å²) in [4.78, 5) is 27.5. The third kappa shape index (κ3) is 5.16. The van der Waals surface area contributed by atoms with Crippen molar-refractivity contribution >= 4 is 29.2 Å². The van der Waals surface area contributed by atoms with Crippen molar-refractivity contribution in [3.8, 4) is 11.5 Å². The lowest BCUT2D eigenvalue weighted by molar-refractivity contribution is -0.136. The van der Waals surface area contributed by atoms with Crippen molar-refractivity contribution in [1.29, 1.82) is 0 Å². The number of amides is 1. The molecule has 0 aliphatic carbocycles. The van der Waals surface area contributed by atoms with Crippen LogP contribution in [0.2, 0.25) is 5.02 Å². The van der Waals surface area contributed by atoms with Crippen molar-refractivity contribution in [3.63, 3.8) is 0 Å². The van der Waals surface area contributed by atoms with E-state index in [1.165, 1.54) is 0 Å². The Morgan fingerprint density at radius 2 is 1.64 bits per heavy atom. The Bertz CT molecular complexity index is 846. The van der Waals surface area contributed by atoms with Crippen molar-refractivity contribution in [2.24, 2.45) is 0 Å². The van der Waals surface area contributed by atoms with Crippen LogP contribution in [0.1, 0.15) is 12.5 Å². The third-order valence-electron chi connectivity index (χ3n) is 4.64. The van der Waals surface area contributed by atoms with E-state index in [0.717, 1.165) is 24.3 Å². The van der Waals surface area contributed by atoms with Crippen LogP contribution in [0.4, 0.5) is 5.69 Å². The second-order valence-corrected chi connectivity index (χ2v) is 7.07. The van der Waals surface area contributed by atoms with E-state index in [0.29, 0.717) is 29.6 Å². The lowest BCUT2D eigenvalue weighted by Crippen LogP contribution is -2.48. The number of benzene rings is 2. The zero-order chi connectivity index (χ0) is 20.1. The maximum absolute atomic E-state index is 12.0. The van der Waals surface area contributed by atoms with Gasteiger partial charge in [0.2, 0.25) is 5.91 Å². The summed E-state index contributed by atoms with van der Waals surface area (Å²) in [5.74, 6) is 0.666. The van der Waals surface area contributed by atoms with Gasteiger partial charge in [-0.2, -0.15) is 0 Å². The van der Waals surface area contributed by atoms with Crippen LogP contribution in [0, 0.1) is 6.92 Å². The molecule has 28 heavy (non-hydrogen) atoms.